The van der Waals surface area contributed by atoms with Gasteiger partial charge in [0, 0.05) is 12.8 Å². The first kappa shape index (κ1) is 74.2. The van der Waals surface area contributed by atoms with Crippen molar-refractivity contribution in [3.63, 3.8) is 0 Å². The van der Waals surface area contributed by atoms with E-state index in [1.54, 1.807) is 0 Å². The highest BCUT2D eigenvalue weighted by atomic mass is 16.7. The van der Waals surface area contributed by atoms with Gasteiger partial charge in [0.1, 0.15) is 13.2 Å². The number of hydrogen-bond donors (Lipinski definition) is 0. The minimum absolute atomic E-state index is 0.130. The largest absolute Gasteiger partial charge is 0.545 e. The summed E-state index contributed by atoms with van der Waals surface area (Å²) in [6.45, 7) is 4.55. The third kappa shape index (κ3) is 60.7. The van der Waals surface area contributed by atoms with E-state index in [0.717, 1.165) is 116 Å². The van der Waals surface area contributed by atoms with Gasteiger partial charge in [-0.2, -0.15) is 0 Å². The van der Waals surface area contributed by atoms with Gasteiger partial charge in [0.25, 0.3) is 0 Å². The Morgan fingerprint density at radius 2 is 0.722 bits per heavy atom. The lowest BCUT2D eigenvalue weighted by Crippen LogP contribution is -2.44. The van der Waals surface area contributed by atoms with Crippen LogP contribution in [0.4, 0.5) is 0 Å². The Labute approximate surface area is 483 Å². The molecular weight excluding hydrogens is 983 g/mol. The second-order valence-corrected chi connectivity index (χ2v) is 21.3. The van der Waals surface area contributed by atoms with Crippen molar-refractivity contribution in [2.24, 2.45) is 0 Å². The Kier molecular flexibility index (Phi) is 55.7. The van der Waals surface area contributed by atoms with Crippen molar-refractivity contribution in [2.45, 2.75) is 232 Å². The van der Waals surface area contributed by atoms with Crippen LogP contribution in [0.2, 0.25) is 0 Å². The van der Waals surface area contributed by atoms with Crippen LogP contribution in [0.15, 0.2) is 146 Å². The summed E-state index contributed by atoms with van der Waals surface area (Å²) < 4.78 is 22.7. The Morgan fingerprint density at radius 1 is 0.392 bits per heavy atom. The minimum atomic E-state index is -1.64. The molecule has 0 heterocycles. The maximum absolute atomic E-state index is 12.9. The fourth-order valence-electron chi connectivity index (χ4n) is 7.83. The molecule has 0 rings (SSSR count). The number of allylic oxidation sites excluding steroid dienone is 24. The molecular formula is C70H113NO8. The normalized spacial score (nSPS) is 13.8. The average molecular weight is 1100 g/mol. The van der Waals surface area contributed by atoms with Crippen LogP contribution in [0.5, 0.6) is 0 Å². The Morgan fingerprint density at radius 3 is 1.10 bits per heavy atom. The lowest BCUT2D eigenvalue weighted by atomic mass is 10.1. The summed E-state index contributed by atoms with van der Waals surface area (Å²) in [4.78, 5) is 37.3. The number of esters is 2. The van der Waals surface area contributed by atoms with E-state index in [-0.39, 0.29) is 38.6 Å². The van der Waals surface area contributed by atoms with Gasteiger partial charge in [-0.25, -0.2) is 0 Å². The topological polar surface area (TPSA) is 111 Å². The van der Waals surface area contributed by atoms with Crippen LogP contribution in [0.25, 0.3) is 0 Å². The van der Waals surface area contributed by atoms with Crippen molar-refractivity contribution in [2.75, 3.05) is 47.5 Å². The fraction of sp³-hybridized carbons (Fsp3) is 0.614. The second kappa shape index (κ2) is 59.3. The van der Waals surface area contributed by atoms with Gasteiger partial charge in [0.2, 0.25) is 0 Å². The number of aliphatic carboxylic acids is 1. The molecule has 9 nitrogen and oxygen atoms in total. The predicted molar refractivity (Wildman–Crippen MR) is 333 cm³/mol. The van der Waals surface area contributed by atoms with Crippen molar-refractivity contribution >= 4 is 17.9 Å². The van der Waals surface area contributed by atoms with Gasteiger partial charge in [-0.3, -0.25) is 9.59 Å². The number of quaternary nitrogens is 1. The molecule has 2 unspecified atom stereocenters. The summed E-state index contributed by atoms with van der Waals surface area (Å²) in [5.41, 5.74) is 0. The minimum Gasteiger partial charge on any atom is -0.545 e. The van der Waals surface area contributed by atoms with E-state index in [2.05, 4.69) is 160 Å². The number of likely N-dealkylation sites (N-methyl/N-ethyl adjacent to an activating group) is 1. The number of rotatable bonds is 55. The molecule has 0 saturated heterocycles. The van der Waals surface area contributed by atoms with Gasteiger partial charge in [-0.15, -0.1) is 0 Å². The molecule has 0 aromatic carbocycles. The molecule has 79 heavy (non-hydrogen) atoms. The monoisotopic (exact) mass is 1100 g/mol. The molecule has 0 aromatic rings. The van der Waals surface area contributed by atoms with Gasteiger partial charge in [-0.1, -0.05) is 230 Å². The number of ether oxygens (including phenoxy) is 4. The highest BCUT2D eigenvalue weighted by Gasteiger charge is 2.22. The summed E-state index contributed by atoms with van der Waals surface area (Å²) in [6, 6.07) is 0. The van der Waals surface area contributed by atoms with E-state index < -0.39 is 24.3 Å². The Bertz CT molecular complexity index is 1800. The Hall–Kier alpha value is -4.83. The van der Waals surface area contributed by atoms with Crippen LogP contribution in [-0.4, -0.2) is 82.3 Å². The van der Waals surface area contributed by atoms with Gasteiger partial charge in [0.15, 0.2) is 12.4 Å². The summed E-state index contributed by atoms with van der Waals surface area (Å²) in [7, 11) is 5.89. The average Bonchev–Trinajstić information content (AvgIpc) is 3.42. The van der Waals surface area contributed by atoms with E-state index >= 15 is 0 Å². The molecule has 0 radical (unpaired) electrons. The lowest BCUT2D eigenvalue weighted by molar-refractivity contribution is -0.870. The first-order valence-corrected chi connectivity index (χ1v) is 31.0. The molecule has 9 heteroatoms. The number of nitrogens with zero attached hydrogens (tertiary/aromatic N) is 1. The number of unbranched alkanes of at least 4 members (excludes halogenated alkanes) is 16. The zero-order valence-electron chi connectivity index (χ0n) is 50.7. The van der Waals surface area contributed by atoms with Gasteiger partial charge >= 0.3 is 11.9 Å². The van der Waals surface area contributed by atoms with E-state index in [9.17, 15) is 19.5 Å². The van der Waals surface area contributed by atoms with E-state index in [4.69, 9.17) is 18.9 Å². The van der Waals surface area contributed by atoms with Crippen LogP contribution in [0, 0.1) is 0 Å². The Balaban J connectivity index is 4.36. The maximum Gasteiger partial charge on any atom is 0.306 e. The summed E-state index contributed by atoms with van der Waals surface area (Å²) in [6.07, 6.45) is 83.3. The highest BCUT2D eigenvalue weighted by molar-refractivity contribution is 5.70. The molecule has 446 valence electrons. The number of carbonyl (C=O) groups excluding carboxylic acids is 3. The summed E-state index contributed by atoms with van der Waals surface area (Å²) in [5, 5.41) is 11.8. The van der Waals surface area contributed by atoms with Crippen LogP contribution < -0.4 is 5.11 Å². The first-order valence-electron chi connectivity index (χ1n) is 31.0. The third-order valence-electron chi connectivity index (χ3n) is 12.6. The van der Waals surface area contributed by atoms with Gasteiger partial charge < -0.3 is 33.3 Å². The quantitative estimate of drug-likeness (QED) is 0.0195. The molecule has 0 aromatic heterocycles. The van der Waals surface area contributed by atoms with Gasteiger partial charge in [0.05, 0.1) is 40.3 Å². The molecule has 0 fully saturated rings. The maximum atomic E-state index is 12.9. The number of hydrogen-bond acceptors (Lipinski definition) is 8. The molecule has 0 spiro atoms. The molecule has 0 bridgehead atoms. The lowest BCUT2D eigenvalue weighted by Gasteiger charge is -2.26. The number of carboxylic acids is 1. The summed E-state index contributed by atoms with van der Waals surface area (Å²) >= 11 is 0. The van der Waals surface area contributed by atoms with Crippen molar-refractivity contribution in [1.82, 2.24) is 0 Å². The zero-order valence-corrected chi connectivity index (χ0v) is 50.7. The van der Waals surface area contributed by atoms with E-state index in [0.29, 0.717) is 17.4 Å². The van der Waals surface area contributed by atoms with Crippen LogP contribution in [-0.2, 0) is 33.3 Å². The van der Waals surface area contributed by atoms with Crippen molar-refractivity contribution in [3.05, 3.63) is 146 Å². The number of carboxylic acid groups (broad SMARTS) is 1. The molecule has 0 aliphatic rings. The van der Waals surface area contributed by atoms with Crippen LogP contribution in [0.3, 0.4) is 0 Å². The van der Waals surface area contributed by atoms with Gasteiger partial charge in [-0.05, 0) is 122 Å². The molecule has 2 atom stereocenters. The summed E-state index contributed by atoms with van der Waals surface area (Å²) in [5.74, 6) is -2.37. The van der Waals surface area contributed by atoms with Crippen molar-refractivity contribution in [3.8, 4) is 0 Å². The molecule has 0 aliphatic carbocycles. The third-order valence-corrected chi connectivity index (χ3v) is 12.6. The predicted octanol–water partition coefficient (Wildman–Crippen LogP) is 17.5. The molecule has 0 N–H and O–H groups in total. The fourth-order valence-corrected chi connectivity index (χ4v) is 7.83. The highest BCUT2D eigenvalue weighted by Crippen LogP contribution is 2.14. The van der Waals surface area contributed by atoms with E-state index in [1.165, 1.54) is 70.6 Å². The standard InChI is InChI=1S/C70H113NO8/c1-6-8-10-12-14-16-18-20-22-24-26-28-29-30-31-32-33-34-35-36-37-38-39-41-43-45-47-49-51-53-55-57-59-61-68(73)79-66(65-78-70(69(74)75)76-63-62-71(3,4)5)64-77-67(72)60-58-56-54-52-50-48-46-44-42-40-27-25-23-21-19-17-15-13-11-9-7-2/h8,10,14,16,19-22,25-28,30-31,33-34,36-37,39,41,45,47,51,53,66,70H,6-7,9,11-13,15,17-18,23-24,29,32,35,38,40,42-44,46,48-50,52,54-65H2,1-5H3/b10-8-,16-14-,21-19-,22-20-,27-25-,28-26-,31-30-,34-33-,37-36-,41-39-,47-45-,53-51-. The first-order chi connectivity index (χ1) is 38.6. The molecule has 0 amide bonds. The SMILES string of the molecule is CC/C=C\C/C=C\C/C=C\C/C=C\C/C=C\C/C=C\C/C=C\C/C=C\C/C=C\C/C=C\CCCCC(=O)OC(COC(=O)CCCCCCCCCCC/C=C\C/C=C\CCCCCCC)COC(OCC[N+](C)(C)C)C(=O)[O-]. The van der Waals surface area contributed by atoms with Crippen molar-refractivity contribution < 1.29 is 42.9 Å². The van der Waals surface area contributed by atoms with Crippen LogP contribution >= 0.6 is 0 Å². The van der Waals surface area contributed by atoms with E-state index in [1.807, 2.05) is 21.1 Å². The van der Waals surface area contributed by atoms with Crippen LogP contribution in [0.1, 0.15) is 219 Å². The van der Waals surface area contributed by atoms with Crippen molar-refractivity contribution in [1.29, 1.82) is 0 Å². The zero-order chi connectivity index (χ0) is 57.6. The second-order valence-electron chi connectivity index (χ2n) is 21.3. The number of carbonyl (C=O) groups is 3. The molecule has 0 aliphatic heterocycles. The molecule has 0 saturated carbocycles. The smallest absolute Gasteiger partial charge is 0.306 e.